The predicted molar refractivity (Wildman–Crippen MR) is 60.8 cm³/mol. The van der Waals surface area contributed by atoms with Crippen LogP contribution in [-0.2, 0) is 4.79 Å². The third-order valence-corrected chi connectivity index (χ3v) is 2.80. The topological polar surface area (TPSA) is 88.0 Å². The number of fused-ring (bicyclic) bond motifs is 1. The van der Waals surface area contributed by atoms with Gasteiger partial charge in [-0.1, -0.05) is 11.3 Å². The van der Waals surface area contributed by atoms with Crippen LogP contribution in [0.15, 0.2) is 0 Å². The van der Waals surface area contributed by atoms with Gasteiger partial charge in [0.15, 0.2) is 0 Å². The summed E-state index contributed by atoms with van der Waals surface area (Å²) in [5.41, 5.74) is 1.53. The van der Waals surface area contributed by atoms with Crippen LogP contribution < -0.4 is 5.32 Å². The normalized spacial score (nSPS) is 10.6. The lowest BCUT2D eigenvalue weighted by molar-refractivity contribution is -0.134. The van der Waals surface area contributed by atoms with E-state index in [-0.39, 0.29) is 6.54 Å². The second kappa shape index (κ2) is 4.01. The number of thiazole rings is 1. The molecule has 0 aromatic carbocycles. The molecule has 0 radical (unpaired) electrons. The second-order valence-electron chi connectivity index (χ2n) is 3.27. The van der Waals surface area contributed by atoms with Crippen molar-refractivity contribution >= 4 is 33.6 Å². The average Bonchev–Trinajstić information content (AvgIpc) is 2.56. The molecule has 2 N–H and O–H groups in total. The largest absolute Gasteiger partial charge is 0.480 e. The zero-order valence-electron chi connectivity index (χ0n) is 8.81. The van der Waals surface area contributed by atoms with E-state index in [2.05, 4.69) is 20.3 Å². The minimum absolute atomic E-state index is 0.192. The molecule has 0 unspecified atom stereocenters. The third-order valence-electron chi connectivity index (χ3n) is 1.94. The van der Waals surface area contributed by atoms with Crippen molar-refractivity contribution in [1.82, 2.24) is 15.0 Å². The summed E-state index contributed by atoms with van der Waals surface area (Å²) in [5.74, 6) is -0.613. The van der Waals surface area contributed by atoms with Crippen molar-refractivity contribution < 1.29 is 9.90 Å². The second-order valence-corrected chi connectivity index (χ2v) is 4.45. The maximum atomic E-state index is 10.4. The summed E-state index contributed by atoms with van der Waals surface area (Å²) in [6.45, 7) is 3.54. The fourth-order valence-electron chi connectivity index (χ4n) is 1.29. The molecule has 2 heterocycles. The summed E-state index contributed by atoms with van der Waals surface area (Å²) in [6, 6.07) is 0. The fraction of sp³-hybridized carbons (Fsp3) is 0.333. The van der Waals surface area contributed by atoms with E-state index >= 15 is 0 Å². The van der Waals surface area contributed by atoms with Crippen molar-refractivity contribution in [2.75, 3.05) is 11.9 Å². The van der Waals surface area contributed by atoms with Gasteiger partial charge in [0, 0.05) is 0 Å². The van der Waals surface area contributed by atoms with E-state index in [0.717, 1.165) is 21.0 Å². The summed E-state index contributed by atoms with van der Waals surface area (Å²) in [7, 11) is 0. The highest BCUT2D eigenvalue weighted by molar-refractivity contribution is 7.18. The van der Waals surface area contributed by atoms with E-state index < -0.39 is 5.97 Å². The summed E-state index contributed by atoms with van der Waals surface area (Å²) in [4.78, 5) is 23.8. The van der Waals surface area contributed by atoms with Gasteiger partial charge in [-0.25, -0.2) is 15.0 Å². The first-order valence-electron chi connectivity index (χ1n) is 4.63. The highest BCUT2D eigenvalue weighted by atomic mass is 32.1. The number of nitrogens with zero attached hydrogens (tertiary/aromatic N) is 3. The zero-order chi connectivity index (χ0) is 11.7. The summed E-state index contributed by atoms with van der Waals surface area (Å²) in [6.07, 6.45) is 0. The van der Waals surface area contributed by atoms with Crippen LogP contribution in [-0.4, -0.2) is 32.6 Å². The Balaban J connectivity index is 2.37. The van der Waals surface area contributed by atoms with Crippen LogP contribution in [0.2, 0.25) is 0 Å². The molecule has 84 valence electrons. The van der Waals surface area contributed by atoms with Crippen molar-refractivity contribution in [3.63, 3.8) is 0 Å². The number of rotatable bonds is 3. The SMILES string of the molecule is Cc1nc2c(C)nc(NCC(=O)O)nc2s1. The monoisotopic (exact) mass is 238 g/mol. The minimum Gasteiger partial charge on any atom is -0.480 e. The smallest absolute Gasteiger partial charge is 0.322 e. The molecule has 0 amide bonds. The Morgan fingerprint density at radius 1 is 1.38 bits per heavy atom. The quantitative estimate of drug-likeness (QED) is 0.835. The van der Waals surface area contributed by atoms with Gasteiger partial charge in [-0.3, -0.25) is 4.79 Å². The minimum atomic E-state index is -0.943. The summed E-state index contributed by atoms with van der Waals surface area (Å²) >= 11 is 1.47. The number of aryl methyl sites for hydroxylation is 2. The Morgan fingerprint density at radius 3 is 2.81 bits per heavy atom. The van der Waals surface area contributed by atoms with Gasteiger partial charge in [-0.2, -0.15) is 0 Å². The van der Waals surface area contributed by atoms with Gasteiger partial charge in [0.05, 0.1) is 10.7 Å². The van der Waals surface area contributed by atoms with Gasteiger partial charge in [-0.05, 0) is 13.8 Å². The Labute approximate surface area is 95.4 Å². The molecule has 2 aromatic rings. The number of aliphatic carboxylic acids is 1. The lowest BCUT2D eigenvalue weighted by atomic mass is 10.4. The van der Waals surface area contributed by atoms with Crippen LogP contribution in [0.4, 0.5) is 5.95 Å². The zero-order valence-corrected chi connectivity index (χ0v) is 9.63. The number of aromatic nitrogens is 3. The highest BCUT2D eigenvalue weighted by Crippen LogP contribution is 2.22. The van der Waals surface area contributed by atoms with Gasteiger partial charge >= 0.3 is 5.97 Å². The molecule has 0 saturated heterocycles. The molecule has 0 fully saturated rings. The van der Waals surface area contributed by atoms with Gasteiger partial charge in [0.1, 0.15) is 16.9 Å². The highest BCUT2D eigenvalue weighted by Gasteiger charge is 2.09. The number of hydrogen-bond donors (Lipinski definition) is 2. The molecule has 6 nitrogen and oxygen atoms in total. The Morgan fingerprint density at radius 2 is 2.12 bits per heavy atom. The molecule has 2 rings (SSSR count). The molecule has 0 atom stereocenters. The number of hydrogen-bond acceptors (Lipinski definition) is 6. The first-order valence-corrected chi connectivity index (χ1v) is 5.45. The average molecular weight is 238 g/mol. The van der Waals surface area contributed by atoms with Crippen LogP contribution in [0.25, 0.3) is 10.3 Å². The number of anilines is 1. The first kappa shape index (κ1) is 10.7. The molecular formula is C9H10N4O2S. The van der Waals surface area contributed by atoms with E-state index in [1.54, 1.807) is 0 Å². The van der Waals surface area contributed by atoms with Crippen molar-refractivity contribution in [1.29, 1.82) is 0 Å². The number of nitrogens with one attached hydrogen (secondary N) is 1. The van der Waals surface area contributed by atoms with Crippen LogP contribution in [0.5, 0.6) is 0 Å². The number of carboxylic acid groups (broad SMARTS) is 1. The Bertz CT molecular complexity index is 552. The van der Waals surface area contributed by atoms with Crippen LogP contribution in [0.3, 0.4) is 0 Å². The van der Waals surface area contributed by atoms with Crippen molar-refractivity contribution in [2.45, 2.75) is 13.8 Å². The lowest BCUT2D eigenvalue weighted by Crippen LogP contribution is -2.14. The molecule has 7 heteroatoms. The van der Waals surface area contributed by atoms with E-state index in [9.17, 15) is 4.79 Å². The molecule has 0 aliphatic carbocycles. The molecule has 0 spiro atoms. The van der Waals surface area contributed by atoms with Crippen molar-refractivity contribution in [3.8, 4) is 0 Å². The summed E-state index contributed by atoms with van der Waals surface area (Å²) < 4.78 is 0. The van der Waals surface area contributed by atoms with Gasteiger partial charge < -0.3 is 10.4 Å². The molecule has 0 bridgehead atoms. The molecular weight excluding hydrogens is 228 g/mol. The van der Waals surface area contributed by atoms with E-state index in [0.29, 0.717) is 5.95 Å². The van der Waals surface area contributed by atoms with E-state index in [1.165, 1.54) is 11.3 Å². The molecule has 0 saturated carbocycles. The standard InChI is InChI=1S/C9H10N4O2S/c1-4-7-8(16-5(2)12-7)13-9(11-4)10-3-6(14)15/h3H2,1-2H3,(H,14,15)(H,10,11,13). The third kappa shape index (κ3) is 2.08. The maximum absolute atomic E-state index is 10.4. The van der Waals surface area contributed by atoms with E-state index in [4.69, 9.17) is 5.11 Å². The Hall–Kier alpha value is -1.76. The first-order chi connectivity index (χ1) is 7.56. The van der Waals surface area contributed by atoms with Crippen LogP contribution in [0, 0.1) is 13.8 Å². The van der Waals surface area contributed by atoms with Gasteiger partial charge in [0.25, 0.3) is 0 Å². The van der Waals surface area contributed by atoms with Crippen LogP contribution >= 0.6 is 11.3 Å². The van der Waals surface area contributed by atoms with Crippen molar-refractivity contribution in [2.24, 2.45) is 0 Å². The summed E-state index contributed by atoms with van der Waals surface area (Å²) in [5, 5.41) is 12.1. The molecule has 0 aliphatic heterocycles. The molecule has 0 aliphatic rings. The van der Waals surface area contributed by atoms with Gasteiger partial charge in [-0.15, -0.1) is 0 Å². The number of carbonyl (C=O) groups is 1. The van der Waals surface area contributed by atoms with Gasteiger partial charge in [0.2, 0.25) is 5.95 Å². The fourth-order valence-corrected chi connectivity index (χ4v) is 2.13. The van der Waals surface area contributed by atoms with Crippen molar-refractivity contribution in [3.05, 3.63) is 10.7 Å². The van der Waals surface area contributed by atoms with Crippen LogP contribution in [0.1, 0.15) is 10.7 Å². The van der Waals surface area contributed by atoms with E-state index in [1.807, 2.05) is 13.8 Å². The maximum Gasteiger partial charge on any atom is 0.322 e. The molecule has 16 heavy (non-hydrogen) atoms. The predicted octanol–water partition coefficient (Wildman–Crippen LogP) is 1.20. The number of carboxylic acids is 1. The lowest BCUT2D eigenvalue weighted by Gasteiger charge is -2.02. The molecule has 2 aromatic heterocycles. The Kier molecular flexibility index (Phi) is 2.69.